The Morgan fingerprint density at radius 2 is 2.37 bits per heavy atom. The lowest BCUT2D eigenvalue weighted by atomic mass is 10.0. The minimum atomic E-state index is -0.454. The largest absolute Gasteiger partial charge is 0.463 e. The van der Waals surface area contributed by atoms with Crippen LogP contribution >= 0.6 is 0 Å². The van der Waals surface area contributed by atoms with E-state index >= 15 is 0 Å². The van der Waals surface area contributed by atoms with Gasteiger partial charge in [0, 0.05) is 13.2 Å². The molecule has 0 aliphatic carbocycles. The van der Waals surface area contributed by atoms with Crippen molar-refractivity contribution in [1.29, 1.82) is 0 Å². The lowest BCUT2D eigenvalue weighted by Gasteiger charge is -2.25. The first-order chi connectivity index (χ1) is 9.04. The zero-order valence-corrected chi connectivity index (χ0v) is 11.7. The molecule has 2 rings (SSSR count). The van der Waals surface area contributed by atoms with E-state index in [9.17, 15) is 4.79 Å². The molecular weight excluding hydrogens is 246 g/mol. The summed E-state index contributed by atoms with van der Waals surface area (Å²) in [5, 5.41) is 3.38. The Labute approximate surface area is 113 Å². The van der Waals surface area contributed by atoms with Crippen molar-refractivity contribution in [2.75, 3.05) is 20.3 Å². The third-order valence-corrected chi connectivity index (χ3v) is 3.52. The van der Waals surface area contributed by atoms with E-state index in [0.717, 1.165) is 31.8 Å². The van der Waals surface area contributed by atoms with Gasteiger partial charge >= 0.3 is 5.97 Å². The van der Waals surface area contributed by atoms with Crippen LogP contribution in [0.5, 0.6) is 0 Å². The molecule has 1 N–H and O–H groups in total. The van der Waals surface area contributed by atoms with Crippen molar-refractivity contribution in [3.05, 3.63) is 23.7 Å². The summed E-state index contributed by atoms with van der Waals surface area (Å²) < 4.78 is 15.8. The highest BCUT2D eigenvalue weighted by molar-refractivity contribution is 5.86. The summed E-state index contributed by atoms with van der Waals surface area (Å²) in [7, 11) is 1.34. The number of ether oxygens (including phenoxy) is 2. The molecule has 2 heterocycles. The van der Waals surface area contributed by atoms with Crippen LogP contribution in [0.1, 0.15) is 49.0 Å². The van der Waals surface area contributed by atoms with Crippen molar-refractivity contribution in [2.24, 2.45) is 0 Å². The third-order valence-electron chi connectivity index (χ3n) is 3.52. The number of furan rings is 1. The van der Waals surface area contributed by atoms with Crippen molar-refractivity contribution in [3.63, 3.8) is 0 Å². The summed E-state index contributed by atoms with van der Waals surface area (Å²) in [6, 6.07) is 3.45. The molecule has 0 spiro atoms. The van der Waals surface area contributed by atoms with Gasteiger partial charge in [-0.3, -0.25) is 0 Å². The van der Waals surface area contributed by atoms with Crippen LogP contribution in [-0.4, -0.2) is 31.8 Å². The van der Waals surface area contributed by atoms with E-state index in [4.69, 9.17) is 9.15 Å². The molecule has 19 heavy (non-hydrogen) atoms. The maximum Gasteiger partial charge on any atom is 0.373 e. The molecule has 0 amide bonds. The van der Waals surface area contributed by atoms with E-state index < -0.39 is 5.97 Å². The van der Waals surface area contributed by atoms with Gasteiger partial charge < -0.3 is 19.2 Å². The van der Waals surface area contributed by atoms with Gasteiger partial charge in [-0.25, -0.2) is 4.79 Å². The molecule has 0 aromatic carbocycles. The second-order valence-electron chi connectivity index (χ2n) is 5.20. The molecule has 1 aromatic heterocycles. The van der Waals surface area contributed by atoms with E-state index in [-0.39, 0.29) is 17.4 Å². The highest BCUT2D eigenvalue weighted by Crippen LogP contribution is 2.25. The predicted octanol–water partition coefficient (Wildman–Crippen LogP) is 2.29. The predicted molar refractivity (Wildman–Crippen MR) is 70.1 cm³/mol. The quantitative estimate of drug-likeness (QED) is 0.829. The number of hydrogen-bond acceptors (Lipinski definition) is 5. The Kier molecular flexibility index (Phi) is 4.27. The number of carbonyl (C=O) groups excluding carboxylic acids is 1. The zero-order valence-electron chi connectivity index (χ0n) is 11.7. The van der Waals surface area contributed by atoms with Crippen LogP contribution in [0, 0.1) is 0 Å². The average molecular weight is 267 g/mol. The number of nitrogens with one attached hydrogen (secondary N) is 1. The highest BCUT2D eigenvalue weighted by Gasteiger charge is 2.30. The maximum atomic E-state index is 11.3. The molecule has 5 heteroatoms. The second-order valence-corrected chi connectivity index (χ2v) is 5.20. The van der Waals surface area contributed by atoms with Gasteiger partial charge in [0.15, 0.2) is 0 Å². The minimum absolute atomic E-state index is 0.0273. The molecule has 1 saturated heterocycles. The second kappa shape index (κ2) is 5.75. The Morgan fingerprint density at radius 3 is 3.00 bits per heavy atom. The summed E-state index contributed by atoms with van der Waals surface area (Å²) in [5.74, 6) is 0.501. The minimum Gasteiger partial charge on any atom is -0.463 e. The number of carbonyl (C=O) groups is 1. The van der Waals surface area contributed by atoms with Gasteiger partial charge in [0.2, 0.25) is 5.76 Å². The molecule has 0 bridgehead atoms. The van der Waals surface area contributed by atoms with Gasteiger partial charge in [-0.2, -0.15) is 0 Å². The van der Waals surface area contributed by atoms with Crippen molar-refractivity contribution < 1.29 is 18.7 Å². The van der Waals surface area contributed by atoms with Crippen LogP contribution in [-0.2, 0) is 9.47 Å². The Bertz CT molecular complexity index is 434. The van der Waals surface area contributed by atoms with Crippen LogP contribution in [0.15, 0.2) is 16.5 Å². The van der Waals surface area contributed by atoms with E-state index in [0.29, 0.717) is 0 Å². The van der Waals surface area contributed by atoms with Crippen LogP contribution in [0.25, 0.3) is 0 Å². The Balaban J connectivity index is 1.90. The van der Waals surface area contributed by atoms with Crippen LogP contribution in [0.3, 0.4) is 0 Å². The van der Waals surface area contributed by atoms with Crippen molar-refractivity contribution >= 4 is 5.97 Å². The molecule has 0 saturated carbocycles. The normalized spacial score (nSPS) is 24.4. The van der Waals surface area contributed by atoms with Gasteiger partial charge in [-0.05, 0) is 38.8 Å². The first kappa shape index (κ1) is 14.1. The van der Waals surface area contributed by atoms with Crippen molar-refractivity contribution in [1.82, 2.24) is 5.32 Å². The Hall–Kier alpha value is -1.33. The SMILES string of the molecule is COC(=O)c1ccc(C(C)NCC2(C)CCCO2)o1. The van der Waals surface area contributed by atoms with E-state index in [2.05, 4.69) is 17.0 Å². The summed E-state index contributed by atoms with van der Waals surface area (Å²) in [6.07, 6.45) is 2.18. The van der Waals surface area contributed by atoms with Crippen LogP contribution in [0.2, 0.25) is 0 Å². The Morgan fingerprint density at radius 1 is 1.58 bits per heavy atom. The zero-order chi connectivity index (χ0) is 13.9. The molecular formula is C14H21NO4. The van der Waals surface area contributed by atoms with E-state index in [1.165, 1.54) is 7.11 Å². The monoisotopic (exact) mass is 267 g/mol. The maximum absolute atomic E-state index is 11.3. The lowest BCUT2D eigenvalue weighted by Crippen LogP contribution is -2.38. The summed E-state index contributed by atoms with van der Waals surface area (Å²) in [5.41, 5.74) is -0.0912. The van der Waals surface area contributed by atoms with Crippen molar-refractivity contribution in [3.8, 4) is 0 Å². The molecule has 1 aliphatic rings. The van der Waals surface area contributed by atoms with E-state index in [1.807, 2.05) is 6.92 Å². The number of methoxy groups -OCH3 is 1. The van der Waals surface area contributed by atoms with E-state index in [1.54, 1.807) is 12.1 Å². The molecule has 106 valence electrons. The standard InChI is InChI=1S/C14H21NO4/c1-10(15-9-14(2)7-4-8-18-14)11-5-6-12(19-11)13(16)17-3/h5-6,10,15H,4,7-9H2,1-3H3. The third kappa shape index (κ3) is 3.36. The number of rotatable bonds is 5. The molecule has 2 atom stereocenters. The van der Waals surface area contributed by atoms with Gasteiger partial charge in [0.1, 0.15) is 5.76 Å². The van der Waals surface area contributed by atoms with Crippen molar-refractivity contribution in [2.45, 2.75) is 38.3 Å². The molecule has 1 aliphatic heterocycles. The van der Waals surface area contributed by atoms with Gasteiger partial charge in [-0.15, -0.1) is 0 Å². The van der Waals surface area contributed by atoms with Crippen LogP contribution in [0.4, 0.5) is 0 Å². The average Bonchev–Trinajstić information content (AvgIpc) is 3.04. The fraction of sp³-hybridized carbons (Fsp3) is 0.643. The van der Waals surface area contributed by atoms with Gasteiger partial charge in [-0.1, -0.05) is 0 Å². The van der Waals surface area contributed by atoms with Crippen LogP contribution < -0.4 is 5.32 Å². The molecule has 1 fully saturated rings. The molecule has 2 unspecified atom stereocenters. The first-order valence-corrected chi connectivity index (χ1v) is 6.59. The summed E-state index contributed by atoms with van der Waals surface area (Å²) in [6.45, 7) is 5.71. The fourth-order valence-electron chi connectivity index (χ4n) is 2.24. The smallest absolute Gasteiger partial charge is 0.373 e. The molecule has 5 nitrogen and oxygen atoms in total. The molecule has 1 aromatic rings. The number of esters is 1. The topological polar surface area (TPSA) is 60.7 Å². The fourth-order valence-corrected chi connectivity index (χ4v) is 2.24. The number of hydrogen-bond donors (Lipinski definition) is 1. The molecule has 0 radical (unpaired) electrons. The lowest BCUT2D eigenvalue weighted by molar-refractivity contribution is 0.0185. The van der Waals surface area contributed by atoms with Gasteiger partial charge in [0.05, 0.1) is 18.8 Å². The summed E-state index contributed by atoms with van der Waals surface area (Å²) in [4.78, 5) is 11.3. The highest BCUT2D eigenvalue weighted by atomic mass is 16.5. The first-order valence-electron chi connectivity index (χ1n) is 6.59. The summed E-state index contributed by atoms with van der Waals surface area (Å²) >= 11 is 0. The van der Waals surface area contributed by atoms with Gasteiger partial charge in [0.25, 0.3) is 0 Å².